The Morgan fingerprint density at radius 1 is 0.865 bits per heavy atom. The molecule has 0 aliphatic carbocycles. The fourth-order valence-electron chi connectivity index (χ4n) is 3.25. The summed E-state index contributed by atoms with van der Waals surface area (Å²) in [5.74, 6) is 0.148. The van der Waals surface area contributed by atoms with Gasteiger partial charge in [-0.3, -0.25) is 0 Å². The molecular weight excluding hydrogens is 496 g/mol. The average molecular weight is 545 g/mol. The van der Waals surface area contributed by atoms with Gasteiger partial charge in [0.05, 0.1) is 6.61 Å². The fourth-order valence-corrected chi connectivity index (χ4v) is 5.42. The summed E-state index contributed by atoms with van der Waals surface area (Å²) in [5.41, 5.74) is 0.856. The number of aliphatic carboxylic acids is 1. The summed E-state index contributed by atoms with van der Waals surface area (Å²) in [5, 5.41) is 11.3. The van der Waals surface area contributed by atoms with Crippen molar-refractivity contribution in [2.24, 2.45) is 5.92 Å². The van der Waals surface area contributed by atoms with Crippen LogP contribution in [-0.4, -0.2) is 47.5 Å². The number of hydrogen-bond donors (Lipinski definition) is 1. The molecule has 0 saturated heterocycles. The van der Waals surface area contributed by atoms with E-state index in [9.17, 15) is 4.79 Å². The van der Waals surface area contributed by atoms with E-state index in [4.69, 9.17) is 18.7 Å². The first kappa shape index (κ1) is 31.3. The number of hydrogen-bond acceptors (Lipinski definition) is 4. The van der Waals surface area contributed by atoms with E-state index in [1.54, 1.807) is 6.08 Å². The third-order valence-corrected chi connectivity index (χ3v) is 17.0. The van der Waals surface area contributed by atoms with Crippen molar-refractivity contribution in [2.45, 2.75) is 84.2 Å². The predicted octanol–water partition coefficient (Wildman–Crippen LogP) is 8.37. The van der Waals surface area contributed by atoms with Gasteiger partial charge in [-0.25, -0.2) is 4.79 Å². The Hall–Kier alpha value is -1.94. The van der Waals surface area contributed by atoms with Crippen molar-refractivity contribution < 1.29 is 23.5 Å². The molecule has 1 N–H and O–H groups in total. The molecule has 0 spiro atoms. The summed E-state index contributed by atoms with van der Waals surface area (Å²) in [6.07, 6.45) is 3.61. The smallest absolute Gasteiger partial charge is 0.328 e. The monoisotopic (exact) mass is 544 g/mol. The molecule has 0 amide bonds. The van der Waals surface area contributed by atoms with Crippen LogP contribution in [0.5, 0.6) is 5.75 Å². The SMILES string of the molecule is CC(C)(C)[Si](C)(C)OCC(CCOc1ccc2cc(/C=C/C(=O)O)ccc2c1)CO[Si](C)(C)C(C)(C)C. The molecule has 37 heavy (non-hydrogen) atoms. The molecule has 2 aromatic rings. The highest BCUT2D eigenvalue weighted by Gasteiger charge is 2.39. The highest BCUT2D eigenvalue weighted by atomic mass is 28.4. The van der Waals surface area contributed by atoms with E-state index in [1.807, 2.05) is 36.4 Å². The number of carboxylic acid groups (broad SMARTS) is 1. The lowest BCUT2D eigenvalue weighted by molar-refractivity contribution is -0.131. The van der Waals surface area contributed by atoms with E-state index >= 15 is 0 Å². The van der Waals surface area contributed by atoms with Crippen LogP contribution in [0.4, 0.5) is 0 Å². The Morgan fingerprint density at radius 2 is 1.38 bits per heavy atom. The van der Waals surface area contributed by atoms with Crippen LogP contribution >= 0.6 is 0 Å². The van der Waals surface area contributed by atoms with Crippen molar-refractivity contribution in [1.82, 2.24) is 0 Å². The van der Waals surface area contributed by atoms with E-state index in [-0.39, 0.29) is 16.0 Å². The van der Waals surface area contributed by atoms with Crippen molar-refractivity contribution in [1.29, 1.82) is 0 Å². The average Bonchev–Trinajstić information content (AvgIpc) is 2.77. The number of fused-ring (bicyclic) bond motifs is 1. The van der Waals surface area contributed by atoms with E-state index in [2.05, 4.69) is 67.7 Å². The Bertz CT molecular complexity index is 1050. The molecule has 0 saturated carbocycles. The lowest BCUT2D eigenvalue weighted by atomic mass is 10.1. The topological polar surface area (TPSA) is 65.0 Å². The van der Waals surface area contributed by atoms with Gasteiger partial charge in [-0.05, 0) is 83.3 Å². The van der Waals surface area contributed by atoms with Crippen molar-refractivity contribution in [3.8, 4) is 5.75 Å². The summed E-state index contributed by atoms with van der Waals surface area (Å²) in [4.78, 5) is 10.8. The largest absolute Gasteiger partial charge is 0.494 e. The third-order valence-electron chi connectivity index (χ3n) is 8.02. The number of rotatable bonds is 12. The van der Waals surface area contributed by atoms with Crippen LogP contribution in [0.1, 0.15) is 53.5 Å². The van der Waals surface area contributed by atoms with E-state index in [1.165, 1.54) is 0 Å². The van der Waals surface area contributed by atoms with Gasteiger partial charge in [0.1, 0.15) is 5.75 Å². The molecule has 0 radical (unpaired) electrons. The van der Waals surface area contributed by atoms with Gasteiger partial charge >= 0.3 is 5.97 Å². The minimum atomic E-state index is -1.85. The van der Waals surface area contributed by atoms with E-state index in [0.29, 0.717) is 19.8 Å². The predicted molar refractivity (Wildman–Crippen MR) is 161 cm³/mol. The first-order valence-electron chi connectivity index (χ1n) is 13.3. The van der Waals surface area contributed by atoms with Gasteiger partial charge in [0.2, 0.25) is 0 Å². The van der Waals surface area contributed by atoms with Gasteiger partial charge in [-0.15, -0.1) is 0 Å². The summed E-state index contributed by atoms with van der Waals surface area (Å²) >= 11 is 0. The second-order valence-electron chi connectivity index (χ2n) is 13.1. The van der Waals surface area contributed by atoms with Crippen LogP contribution in [0.2, 0.25) is 36.3 Å². The number of benzene rings is 2. The number of carboxylic acids is 1. The van der Waals surface area contributed by atoms with E-state index < -0.39 is 22.6 Å². The standard InChI is InChI=1S/C30H48O5Si2/c1-29(2,3)36(7,8)34-21-24(22-35-37(9,10)30(4,5)6)17-18-33-27-15-14-25-19-23(12-16-28(31)32)11-13-26(25)20-27/h11-16,19-20,24H,17-18,21-22H2,1-10H3,(H,31,32)/b16-12+. The van der Waals surface area contributed by atoms with Crippen molar-refractivity contribution in [3.05, 3.63) is 48.0 Å². The number of ether oxygens (including phenoxy) is 1. The first-order valence-corrected chi connectivity index (χ1v) is 19.1. The molecule has 0 bridgehead atoms. The molecule has 7 heteroatoms. The van der Waals surface area contributed by atoms with Crippen LogP contribution in [0.15, 0.2) is 42.5 Å². The summed E-state index contributed by atoms with van der Waals surface area (Å²) in [6.45, 7) is 24.8. The Morgan fingerprint density at radius 3 is 1.89 bits per heavy atom. The molecule has 0 atom stereocenters. The number of carbonyl (C=O) groups is 1. The Kier molecular flexibility index (Phi) is 10.4. The molecule has 0 aliphatic rings. The van der Waals surface area contributed by atoms with Crippen LogP contribution in [0, 0.1) is 5.92 Å². The zero-order chi connectivity index (χ0) is 28.1. The molecule has 0 fully saturated rings. The van der Waals surface area contributed by atoms with Gasteiger partial charge < -0.3 is 18.7 Å². The Balaban J connectivity index is 2.06. The van der Waals surface area contributed by atoms with Gasteiger partial charge in [0.25, 0.3) is 0 Å². The zero-order valence-electron chi connectivity index (χ0n) is 24.6. The molecule has 206 valence electrons. The highest BCUT2D eigenvalue weighted by Crippen LogP contribution is 2.38. The summed E-state index contributed by atoms with van der Waals surface area (Å²) in [6, 6.07) is 11.9. The second-order valence-corrected chi connectivity index (χ2v) is 22.7. The van der Waals surface area contributed by atoms with Crippen LogP contribution in [0.25, 0.3) is 16.8 Å². The zero-order valence-corrected chi connectivity index (χ0v) is 26.6. The molecule has 2 aromatic carbocycles. The molecule has 5 nitrogen and oxygen atoms in total. The first-order chi connectivity index (χ1) is 16.9. The van der Waals surface area contributed by atoms with Gasteiger partial charge in [-0.2, -0.15) is 0 Å². The molecule has 0 unspecified atom stereocenters. The second kappa shape index (κ2) is 12.3. The minimum Gasteiger partial charge on any atom is -0.494 e. The van der Waals surface area contributed by atoms with Crippen LogP contribution in [-0.2, 0) is 13.6 Å². The maximum Gasteiger partial charge on any atom is 0.328 e. The molecular formula is C30H48O5Si2. The molecule has 2 rings (SSSR count). The lowest BCUT2D eigenvalue weighted by Gasteiger charge is -2.39. The van der Waals surface area contributed by atoms with Crippen molar-refractivity contribution >= 4 is 39.5 Å². The maximum absolute atomic E-state index is 10.8. The molecule has 0 aliphatic heterocycles. The van der Waals surface area contributed by atoms with Crippen molar-refractivity contribution in [3.63, 3.8) is 0 Å². The highest BCUT2D eigenvalue weighted by molar-refractivity contribution is 6.74. The van der Waals surface area contributed by atoms with Gasteiger partial charge in [0, 0.05) is 25.2 Å². The summed E-state index contributed by atoms with van der Waals surface area (Å²) in [7, 11) is -3.70. The fraction of sp³-hybridized carbons (Fsp3) is 0.567. The summed E-state index contributed by atoms with van der Waals surface area (Å²) < 4.78 is 19.4. The maximum atomic E-state index is 10.8. The quantitative estimate of drug-likeness (QED) is 0.215. The van der Waals surface area contributed by atoms with E-state index in [0.717, 1.165) is 34.6 Å². The van der Waals surface area contributed by atoms with Gasteiger partial charge in [-0.1, -0.05) is 59.7 Å². The minimum absolute atomic E-state index is 0.169. The lowest BCUT2D eigenvalue weighted by Crippen LogP contribution is -2.44. The molecule has 0 heterocycles. The van der Waals surface area contributed by atoms with Crippen LogP contribution in [0.3, 0.4) is 0 Å². The van der Waals surface area contributed by atoms with Gasteiger partial charge in [0.15, 0.2) is 16.6 Å². The van der Waals surface area contributed by atoms with Crippen LogP contribution < -0.4 is 4.74 Å². The third kappa shape index (κ3) is 9.39. The van der Waals surface area contributed by atoms with Crippen molar-refractivity contribution in [2.75, 3.05) is 19.8 Å². The normalized spacial score (nSPS) is 13.6. The Labute approximate surface area is 226 Å². The molecule has 0 aromatic heterocycles.